The van der Waals surface area contributed by atoms with Gasteiger partial charge in [-0.05, 0) is 36.3 Å². The van der Waals surface area contributed by atoms with Gasteiger partial charge in [-0.3, -0.25) is 9.59 Å². The lowest BCUT2D eigenvalue weighted by Gasteiger charge is -2.37. The Kier molecular flexibility index (Phi) is 6.50. The highest BCUT2D eigenvalue weighted by Gasteiger charge is 2.53. The summed E-state index contributed by atoms with van der Waals surface area (Å²) in [6.07, 6.45) is 2.98. The predicted molar refractivity (Wildman–Crippen MR) is 112 cm³/mol. The number of carbonyl (C=O) groups excluding carboxylic acids is 2. The zero-order valence-electron chi connectivity index (χ0n) is 17.3. The van der Waals surface area contributed by atoms with Crippen molar-refractivity contribution in [1.82, 2.24) is 0 Å². The number of rotatable bonds is 11. The van der Waals surface area contributed by atoms with Crippen molar-refractivity contribution >= 4 is 18.6 Å². The standard InChI is InChI=1S/C24H20F3NO5/c25-16-8-17(26)10-18(9-16)28-23(7-15-3-1-2-4-21(15)27)24-6-5-22(33-24)19(11-31-13-29)20(24)12-32-14-30/h1-6,8-10,13-14,22-23,28H,7,11-12H2. The Labute approximate surface area is 187 Å². The first-order chi connectivity index (χ1) is 16.0. The smallest absolute Gasteiger partial charge is 0.293 e. The van der Waals surface area contributed by atoms with Crippen LogP contribution in [0.4, 0.5) is 18.9 Å². The molecule has 0 radical (unpaired) electrons. The molecule has 2 aromatic carbocycles. The summed E-state index contributed by atoms with van der Waals surface area (Å²) in [4.78, 5) is 21.7. The third kappa shape index (κ3) is 4.49. The Balaban J connectivity index is 1.78. The summed E-state index contributed by atoms with van der Waals surface area (Å²) in [6, 6.07) is 8.33. The monoisotopic (exact) mass is 459 g/mol. The van der Waals surface area contributed by atoms with Crippen LogP contribution in [-0.4, -0.2) is 43.9 Å². The van der Waals surface area contributed by atoms with E-state index in [1.807, 2.05) is 0 Å². The quantitative estimate of drug-likeness (QED) is 0.410. The number of anilines is 1. The molecule has 9 heteroatoms. The number of fused-ring (bicyclic) bond motifs is 2. The van der Waals surface area contributed by atoms with Gasteiger partial charge in [0.05, 0.1) is 6.04 Å². The number of hydrogen-bond acceptors (Lipinski definition) is 6. The molecule has 0 fully saturated rings. The van der Waals surface area contributed by atoms with E-state index >= 15 is 0 Å². The van der Waals surface area contributed by atoms with Crippen LogP contribution in [0.25, 0.3) is 0 Å². The number of benzene rings is 2. The van der Waals surface area contributed by atoms with Crippen LogP contribution in [0.2, 0.25) is 0 Å². The van der Waals surface area contributed by atoms with Gasteiger partial charge in [0, 0.05) is 22.9 Å². The molecule has 0 saturated carbocycles. The first-order valence-corrected chi connectivity index (χ1v) is 10.1. The van der Waals surface area contributed by atoms with Gasteiger partial charge in [-0.2, -0.15) is 0 Å². The fourth-order valence-electron chi connectivity index (χ4n) is 4.36. The van der Waals surface area contributed by atoms with E-state index in [2.05, 4.69) is 5.32 Å². The molecule has 2 aromatic rings. The van der Waals surface area contributed by atoms with Crippen LogP contribution in [0, 0.1) is 17.5 Å². The molecule has 0 spiro atoms. The maximum absolute atomic E-state index is 14.5. The first-order valence-electron chi connectivity index (χ1n) is 10.1. The molecule has 172 valence electrons. The highest BCUT2D eigenvalue weighted by molar-refractivity contribution is 5.54. The molecule has 0 aliphatic carbocycles. The van der Waals surface area contributed by atoms with Crippen LogP contribution in [-0.2, 0) is 30.2 Å². The van der Waals surface area contributed by atoms with Crippen molar-refractivity contribution in [2.24, 2.45) is 0 Å². The molecule has 33 heavy (non-hydrogen) atoms. The molecule has 0 amide bonds. The van der Waals surface area contributed by atoms with Crippen molar-refractivity contribution in [2.75, 3.05) is 18.5 Å². The molecule has 2 bridgehead atoms. The molecular formula is C24H20F3NO5. The average molecular weight is 459 g/mol. The van der Waals surface area contributed by atoms with Crippen molar-refractivity contribution in [2.45, 2.75) is 24.2 Å². The van der Waals surface area contributed by atoms with Crippen LogP contribution < -0.4 is 5.32 Å². The molecular weight excluding hydrogens is 439 g/mol. The second-order valence-electron chi connectivity index (χ2n) is 7.66. The van der Waals surface area contributed by atoms with Crippen molar-refractivity contribution in [3.05, 3.63) is 88.8 Å². The molecule has 2 heterocycles. The minimum Gasteiger partial charge on any atom is -0.463 e. The van der Waals surface area contributed by atoms with Crippen molar-refractivity contribution in [1.29, 1.82) is 0 Å². The molecule has 2 aliphatic rings. The van der Waals surface area contributed by atoms with Crippen LogP contribution in [0.1, 0.15) is 5.56 Å². The Bertz CT molecular complexity index is 1100. The molecule has 3 unspecified atom stereocenters. The fourth-order valence-corrected chi connectivity index (χ4v) is 4.36. The van der Waals surface area contributed by atoms with E-state index in [0.717, 1.165) is 18.2 Å². The largest absolute Gasteiger partial charge is 0.463 e. The summed E-state index contributed by atoms with van der Waals surface area (Å²) in [5.41, 5.74) is 0.305. The predicted octanol–water partition coefficient (Wildman–Crippen LogP) is 3.48. The first kappa shape index (κ1) is 22.6. The molecule has 3 atom stereocenters. The van der Waals surface area contributed by atoms with Gasteiger partial charge in [0.2, 0.25) is 0 Å². The molecule has 6 nitrogen and oxygen atoms in total. The summed E-state index contributed by atoms with van der Waals surface area (Å²) in [7, 11) is 0. The van der Waals surface area contributed by atoms with E-state index in [1.54, 1.807) is 30.4 Å². The van der Waals surface area contributed by atoms with E-state index < -0.39 is 35.2 Å². The summed E-state index contributed by atoms with van der Waals surface area (Å²) >= 11 is 0. The molecule has 2 aliphatic heterocycles. The molecule has 4 rings (SSSR count). The lowest BCUT2D eigenvalue weighted by Crippen LogP contribution is -2.48. The normalized spacial score (nSPS) is 21.7. The highest BCUT2D eigenvalue weighted by Crippen LogP contribution is 2.47. The second-order valence-corrected chi connectivity index (χ2v) is 7.66. The average Bonchev–Trinajstić information content (AvgIpc) is 3.34. The Morgan fingerprint density at radius 2 is 1.73 bits per heavy atom. The topological polar surface area (TPSA) is 73.9 Å². The van der Waals surface area contributed by atoms with Gasteiger partial charge in [-0.1, -0.05) is 24.3 Å². The zero-order chi connectivity index (χ0) is 23.4. The molecule has 0 aromatic heterocycles. The van der Waals surface area contributed by atoms with Crippen LogP contribution >= 0.6 is 0 Å². The van der Waals surface area contributed by atoms with Crippen molar-refractivity contribution in [3.8, 4) is 0 Å². The van der Waals surface area contributed by atoms with Gasteiger partial charge in [0.25, 0.3) is 12.9 Å². The van der Waals surface area contributed by atoms with Gasteiger partial charge in [0.1, 0.15) is 42.4 Å². The number of halogens is 3. The second kappa shape index (κ2) is 9.50. The van der Waals surface area contributed by atoms with Gasteiger partial charge >= 0.3 is 0 Å². The van der Waals surface area contributed by atoms with Crippen LogP contribution in [0.15, 0.2) is 65.8 Å². The van der Waals surface area contributed by atoms with Crippen molar-refractivity contribution in [3.63, 3.8) is 0 Å². The van der Waals surface area contributed by atoms with Crippen LogP contribution in [0.3, 0.4) is 0 Å². The Hall–Kier alpha value is -3.59. The van der Waals surface area contributed by atoms with E-state index in [1.165, 1.54) is 6.07 Å². The number of hydrogen-bond donors (Lipinski definition) is 1. The van der Waals surface area contributed by atoms with Gasteiger partial charge in [0.15, 0.2) is 0 Å². The maximum Gasteiger partial charge on any atom is 0.293 e. The van der Waals surface area contributed by atoms with Crippen molar-refractivity contribution < 1.29 is 37.0 Å². The van der Waals surface area contributed by atoms with E-state index in [0.29, 0.717) is 16.7 Å². The van der Waals surface area contributed by atoms with Crippen LogP contribution in [0.5, 0.6) is 0 Å². The highest BCUT2D eigenvalue weighted by atomic mass is 19.1. The van der Waals surface area contributed by atoms with E-state index in [9.17, 15) is 22.8 Å². The summed E-state index contributed by atoms with van der Waals surface area (Å²) in [5, 5.41) is 3.07. The lowest BCUT2D eigenvalue weighted by molar-refractivity contribution is -0.129. The third-order valence-corrected chi connectivity index (χ3v) is 5.75. The summed E-state index contributed by atoms with van der Waals surface area (Å²) in [6.45, 7) is 0.293. The molecule has 1 N–H and O–H groups in total. The number of nitrogens with one attached hydrogen (secondary N) is 1. The minimum absolute atomic E-state index is 0.0638. The summed E-state index contributed by atoms with van der Waals surface area (Å²) < 4.78 is 58.4. The van der Waals surface area contributed by atoms with E-state index in [-0.39, 0.29) is 38.3 Å². The summed E-state index contributed by atoms with van der Waals surface area (Å²) in [5.74, 6) is -2.03. The van der Waals surface area contributed by atoms with Gasteiger partial charge in [-0.15, -0.1) is 0 Å². The Morgan fingerprint density at radius 3 is 2.42 bits per heavy atom. The zero-order valence-corrected chi connectivity index (χ0v) is 17.3. The number of carbonyl (C=O) groups is 2. The maximum atomic E-state index is 14.5. The fraction of sp³-hybridized carbons (Fsp3) is 0.250. The van der Waals surface area contributed by atoms with Gasteiger partial charge in [-0.25, -0.2) is 13.2 Å². The lowest BCUT2D eigenvalue weighted by atomic mass is 9.79. The minimum atomic E-state index is -1.25. The van der Waals surface area contributed by atoms with E-state index in [4.69, 9.17) is 14.2 Å². The number of ether oxygens (including phenoxy) is 3. The van der Waals surface area contributed by atoms with Gasteiger partial charge < -0.3 is 19.5 Å². The Morgan fingerprint density at radius 1 is 1.03 bits per heavy atom. The SMILES string of the molecule is O=COCC1=C(COC=O)C2(C(Cc3ccccc3F)Nc3cc(F)cc(F)c3)C=CC1O2. The molecule has 0 saturated heterocycles. The third-order valence-electron chi connectivity index (χ3n) is 5.75.